The van der Waals surface area contributed by atoms with E-state index >= 15 is 0 Å². The van der Waals surface area contributed by atoms with Crippen LogP contribution in [0.1, 0.15) is 50.3 Å². The summed E-state index contributed by atoms with van der Waals surface area (Å²) >= 11 is 1.15. The molecule has 3 aromatic heterocycles. The third-order valence-electron chi connectivity index (χ3n) is 7.67. The van der Waals surface area contributed by atoms with E-state index in [-0.39, 0.29) is 31.2 Å². The summed E-state index contributed by atoms with van der Waals surface area (Å²) in [5.74, 6) is -0.837. The highest BCUT2D eigenvalue weighted by Crippen LogP contribution is 2.34. The minimum absolute atomic E-state index is 0.128. The van der Waals surface area contributed by atoms with Gasteiger partial charge < -0.3 is 18.9 Å². The quantitative estimate of drug-likeness (QED) is 0.174. The molecule has 0 aliphatic heterocycles. The van der Waals surface area contributed by atoms with E-state index in [9.17, 15) is 18.8 Å². The van der Waals surface area contributed by atoms with Crippen LogP contribution in [0.15, 0.2) is 40.2 Å². The SMILES string of the molecule is COCCO[C@@H](Cn1c(=O)n(C(C)(C)C(=O)OC2CCC2)c(=O)c2c(C)c(-n3nccn3)sc21)c1cc(F)ccc1OC. The van der Waals surface area contributed by atoms with E-state index in [2.05, 4.69) is 10.2 Å². The molecule has 12 nitrogen and oxygen atoms in total. The second-order valence-corrected chi connectivity index (χ2v) is 11.8. The highest BCUT2D eigenvalue weighted by molar-refractivity contribution is 7.21. The van der Waals surface area contributed by atoms with Crippen LogP contribution in [0.4, 0.5) is 4.39 Å². The monoisotopic (exact) mass is 615 g/mol. The summed E-state index contributed by atoms with van der Waals surface area (Å²) in [5, 5.41) is 9.17. The number of aryl methyl sites for hydroxylation is 1. The summed E-state index contributed by atoms with van der Waals surface area (Å²) in [6, 6.07) is 4.03. The van der Waals surface area contributed by atoms with E-state index in [4.69, 9.17) is 18.9 Å². The van der Waals surface area contributed by atoms with Gasteiger partial charge in [0.15, 0.2) is 0 Å². The first-order chi connectivity index (χ1) is 20.6. The molecule has 43 heavy (non-hydrogen) atoms. The van der Waals surface area contributed by atoms with Gasteiger partial charge in [0.05, 0.1) is 44.6 Å². The number of ether oxygens (including phenoxy) is 4. The van der Waals surface area contributed by atoms with Gasteiger partial charge in [-0.2, -0.15) is 10.2 Å². The van der Waals surface area contributed by atoms with Gasteiger partial charge in [-0.15, -0.1) is 4.80 Å². The number of carbonyl (C=O) groups excluding carboxylic acids is 1. The number of thiophene rings is 1. The largest absolute Gasteiger partial charge is 0.496 e. The number of halogens is 1. The first-order valence-electron chi connectivity index (χ1n) is 13.9. The molecule has 5 rings (SSSR count). The van der Waals surface area contributed by atoms with E-state index in [1.165, 1.54) is 68.0 Å². The van der Waals surface area contributed by atoms with Crippen molar-refractivity contribution in [2.24, 2.45) is 0 Å². The van der Waals surface area contributed by atoms with E-state index < -0.39 is 34.7 Å². The van der Waals surface area contributed by atoms with Gasteiger partial charge in [-0.1, -0.05) is 11.3 Å². The van der Waals surface area contributed by atoms with E-state index in [0.29, 0.717) is 26.7 Å². The second kappa shape index (κ2) is 12.4. The molecule has 0 N–H and O–H groups in total. The maximum atomic E-state index is 14.5. The summed E-state index contributed by atoms with van der Waals surface area (Å²) in [5.41, 5.74) is -2.13. The summed E-state index contributed by atoms with van der Waals surface area (Å²) < 4.78 is 39.2. The van der Waals surface area contributed by atoms with E-state index in [1.54, 1.807) is 6.92 Å². The van der Waals surface area contributed by atoms with Gasteiger partial charge in [-0.05, 0) is 58.2 Å². The fourth-order valence-electron chi connectivity index (χ4n) is 5.01. The Kier molecular flexibility index (Phi) is 8.81. The average Bonchev–Trinajstić information content (AvgIpc) is 3.60. The van der Waals surface area contributed by atoms with Gasteiger partial charge in [-0.3, -0.25) is 9.36 Å². The third kappa shape index (κ3) is 5.74. The Morgan fingerprint density at radius 3 is 2.51 bits per heavy atom. The predicted molar refractivity (Wildman–Crippen MR) is 157 cm³/mol. The number of aromatic nitrogens is 5. The summed E-state index contributed by atoms with van der Waals surface area (Å²) in [6.07, 6.45) is 4.29. The lowest BCUT2D eigenvalue weighted by Gasteiger charge is -2.31. The molecule has 1 aromatic carbocycles. The lowest BCUT2D eigenvalue weighted by Crippen LogP contribution is -2.54. The lowest BCUT2D eigenvalue weighted by molar-refractivity contribution is -0.162. The van der Waals surface area contributed by atoms with Crippen LogP contribution >= 0.6 is 11.3 Å². The lowest BCUT2D eigenvalue weighted by atomic mass is 9.95. The Hall–Kier alpha value is -3.88. The van der Waals surface area contributed by atoms with E-state index in [0.717, 1.165) is 35.2 Å². The van der Waals surface area contributed by atoms with Crippen LogP contribution in [0, 0.1) is 12.7 Å². The molecule has 0 saturated heterocycles. The molecular formula is C29H34FN5O7S. The molecule has 4 aromatic rings. The topological polar surface area (TPSA) is 129 Å². The Bertz CT molecular complexity index is 1740. The van der Waals surface area contributed by atoms with Gasteiger partial charge in [0, 0.05) is 18.2 Å². The van der Waals surface area contributed by atoms with Crippen molar-refractivity contribution < 1.29 is 28.1 Å². The second-order valence-electron chi connectivity index (χ2n) is 10.8. The van der Waals surface area contributed by atoms with Crippen LogP contribution in [0.5, 0.6) is 5.75 Å². The molecule has 0 amide bonds. The number of esters is 1. The van der Waals surface area contributed by atoms with Gasteiger partial charge in [0.1, 0.15) is 39.1 Å². The molecule has 0 bridgehead atoms. The van der Waals surface area contributed by atoms with Gasteiger partial charge in [0.2, 0.25) is 0 Å². The first kappa shape index (κ1) is 30.6. The van der Waals surface area contributed by atoms with Gasteiger partial charge in [0.25, 0.3) is 5.56 Å². The molecule has 230 valence electrons. The zero-order chi connectivity index (χ0) is 30.9. The zero-order valence-electron chi connectivity index (χ0n) is 24.7. The highest BCUT2D eigenvalue weighted by atomic mass is 32.1. The minimum atomic E-state index is -1.64. The van der Waals surface area contributed by atoms with Crippen LogP contribution in [-0.2, 0) is 31.1 Å². The van der Waals surface area contributed by atoms with Crippen LogP contribution in [0.3, 0.4) is 0 Å². The number of hydrogen-bond acceptors (Lipinski definition) is 10. The van der Waals surface area contributed by atoms with Crippen molar-refractivity contribution >= 4 is 27.5 Å². The Labute approximate surface area is 250 Å². The van der Waals surface area contributed by atoms with Gasteiger partial charge >= 0.3 is 11.7 Å². The highest BCUT2D eigenvalue weighted by Gasteiger charge is 2.39. The molecule has 14 heteroatoms. The summed E-state index contributed by atoms with van der Waals surface area (Å²) in [7, 11) is 2.98. The molecular weight excluding hydrogens is 581 g/mol. The molecule has 0 radical (unpaired) electrons. The number of hydrogen-bond donors (Lipinski definition) is 0. The fourth-order valence-corrected chi connectivity index (χ4v) is 6.23. The molecule has 1 saturated carbocycles. The Morgan fingerprint density at radius 1 is 1.16 bits per heavy atom. The average molecular weight is 616 g/mol. The van der Waals surface area contributed by atoms with E-state index in [1.807, 2.05) is 0 Å². The molecule has 1 atom stereocenters. The van der Waals surface area contributed by atoms with Crippen molar-refractivity contribution in [2.75, 3.05) is 27.4 Å². The normalized spacial score (nSPS) is 14.6. The number of rotatable bonds is 12. The molecule has 0 unspecified atom stereocenters. The maximum absolute atomic E-state index is 14.5. The Morgan fingerprint density at radius 2 is 1.88 bits per heavy atom. The van der Waals surface area contributed by atoms with Crippen LogP contribution < -0.4 is 16.0 Å². The van der Waals surface area contributed by atoms with Crippen LogP contribution in [0.25, 0.3) is 15.2 Å². The standard InChI is InChI=1S/C29H34FN5O7S/c1-17-23-24(36)34(29(2,3)27(37)42-19-7-6-8-19)28(38)33(26(23)43-25(17)35-31-11-12-32-35)16-22(41-14-13-39-4)20-15-18(30)9-10-21(20)40-5/h9-12,15,19,22H,6-8,13-14,16H2,1-5H3/t22-/m0/s1. The molecule has 3 heterocycles. The number of methoxy groups -OCH3 is 2. The van der Waals surface area contributed by atoms with Crippen molar-refractivity contribution in [3.05, 3.63) is 68.4 Å². The van der Waals surface area contributed by atoms with Gasteiger partial charge in [-0.25, -0.2) is 18.5 Å². The van der Waals surface area contributed by atoms with Crippen molar-refractivity contribution in [2.45, 2.75) is 64.3 Å². The first-order valence-corrected chi connectivity index (χ1v) is 14.7. The number of fused-ring (bicyclic) bond motifs is 1. The number of benzene rings is 1. The summed E-state index contributed by atoms with van der Waals surface area (Å²) in [4.78, 5) is 43.6. The molecule has 1 aliphatic carbocycles. The summed E-state index contributed by atoms with van der Waals surface area (Å²) in [6.45, 7) is 4.95. The number of carbonyl (C=O) groups is 1. The zero-order valence-corrected chi connectivity index (χ0v) is 25.5. The van der Waals surface area contributed by atoms with Crippen molar-refractivity contribution in [1.29, 1.82) is 0 Å². The maximum Gasteiger partial charge on any atom is 0.333 e. The van der Waals surface area contributed by atoms with Crippen molar-refractivity contribution in [3.8, 4) is 10.8 Å². The molecule has 1 aliphatic rings. The third-order valence-corrected chi connectivity index (χ3v) is 8.95. The van der Waals surface area contributed by atoms with Crippen LogP contribution in [0.2, 0.25) is 0 Å². The van der Waals surface area contributed by atoms with Crippen molar-refractivity contribution in [1.82, 2.24) is 24.1 Å². The Balaban J connectivity index is 1.73. The molecule has 1 fully saturated rings. The minimum Gasteiger partial charge on any atom is -0.496 e. The smallest absolute Gasteiger partial charge is 0.333 e. The van der Waals surface area contributed by atoms with Crippen LogP contribution in [-0.4, -0.2) is 63.6 Å². The van der Waals surface area contributed by atoms with Crippen molar-refractivity contribution in [3.63, 3.8) is 0 Å². The predicted octanol–water partition coefficient (Wildman–Crippen LogP) is 3.50. The molecule has 0 spiro atoms. The fraction of sp³-hybridized carbons (Fsp3) is 0.483. The number of nitrogens with zero attached hydrogens (tertiary/aromatic N) is 5.